The number of hydrogen-bond donors (Lipinski definition) is 1. The lowest BCUT2D eigenvalue weighted by Gasteiger charge is -2.14. The molecule has 0 unspecified atom stereocenters. The van der Waals surface area contributed by atoms with E-state index in [0.717, 1.165) is 27.7 Å². The van der Waals surface area contributed by atoms with Crippen LogP contribution in [0.1, 0.15) is 15.9 Å². The van der Waals surface area contributed by atoms with Gasteiger partial charge >= 0.3 is 0 Å². The Morgan fingerprint density at radius 2 is 1.77 bits per heavy atom. The molecule has 30 heavy (non-hydrogen) atoms. The van der Waals surface area contributed by atoms with Gasteiger partial charge in [-0.15, -0.1) is 0 Å². The first-order chi connectivity index (χ1) is 14.7. The minimum absolute atomic E-state index is 0.186. The summed E-state index contributed by atoms with van der Waals surface area (Å²) >= 11 is 0. The van der Waals surface area contributed by atoms with Gasteiger partial charge in [-0.2, -0.15) is 0 Å². The predicted molar refractivity (Wildman–Crippen MR) is 116 cm³/mol. The minimum atomic E-state index is -0.186. The molecule has 2 aromatic heterocycles. The molecule has 6 heteroatoms. The molecule has 4 rings (SSSR count). The average Bonchev–Trinajstić information content (AvgIpc) is 2.81. The van der Waals surface area contributed by atoms with Crippen molar-refractivity contribution in [1.82, 2.24) is 15.3 Å². The van der Waals surface area contributed by atoms with Crippen LogP contribution in [0.5, 0.6) is 11.5 Å². The number of nitrogens with zero attached hydrogens (tertiary/aromatic N) is 2. The van der Waals surface area contributed by atoms with Gasteiger partial charge < -0.3 is 14.8 Å². The summed E-state index contributed by atoms with van der Waals surface area (Å²) in [6, 6.07) is 18.8. The van der Waals surface area contributed by atoms with Crippen molar-refractivity contribution in [2.24, 2.45) is 0 Å². The lowest BCUT2D eigenvalue weighted by Crippen LogP contribution is -2.23. The van der Waals surface area contributed by atoms with Gasteiger partial charge in [0.25, 0.3) is 5.91 Å². The fourth-order valence-electron chi connectivity index (χ4n) is 3.40. The summed E-state index contributed by atoms with van der Waals surface area (Å²) in [4.78, 5) is 21.9. The van der Waals surface area contributed by atoms with Gasteiger partial charge in [0.1, 0.15) is 0 Å². The van der Waals surface area contributed by atoms with E-state index in [1.807, 2.05) is 60.7 Å². The highest BCUT2D eigenvalue weighted by atomic mass is 16.5. The van der Waals surface area contributed by atoms with E-state index in [1.54, 1.807) is 26.6 Å². The molecule has 6 nitrogen and oxygen atoms in total. The lowest BCUT2D eigenvalue weighted by atomic mass is 10.0. The number of ether oxygens (including phenoxy) is 2. The zero-order valence-electron chi connectivity index (χ0n) is 16.8. The van der Waals surface area contributed by atoms with E-state index in [2.05, 4.69) is 10.3 Å². The third-order valence-corrected chi connectivity index (χ3v) is 4.86. The molecule has 0 fully saturated rings. The van der Waals surface area contributed by atoms with Crippen LogP contribution in [0.25, 0.3) is 22.2 Å². The number of hydrogen-bond acceptors (Lipinski definition) is 5. The van der Waals surface area contributed by atoms with Crippen molar-refractivity contribution in [3.8, 4) is 22.8 Å². The van der Waals surface area contributed by atoms with Crippen LogP contribution in [-0.4, -0.2) is 30.1 Å². The Morgan fingerprint density at radius 1 is 0.967 bits per heavy atom. The van der Waals surface area contributed by atoms with E-state index in [0.29, 0.717) is 23.6 Å². The molecule has 0 atom stereocenters. The van der Waals surface area contributed by atoms with E-state index < -0.39 is 0 Å². The molecule has 0 aliphatic heterocycles. The van der Waals surface area contributed by atoms with Crippen molar-refractivity contribution in [1.29, 1.82) is 0 Å². The fourth-order valence-corrected chi connectivity index (χ4v) is 3.40. The molecule has 1 amide bonds. The van der Waals surface area contributed by atoms with Gasteiger partial charge in [0, 0.05) is 35.5 Å². The Balaban J connectivity index is 1.68. The summed E-state index contributed by atoms with van der Waals surface area (Å²) < 4.78 is 10.8. The zero-order chi connectivity index (χ0) is 20.9. The molecule has 0 aliphatic rings. The van der Waals surface area contributed by atoms with Gasteiger partial charge in [-0.1, -0.05) is 30.3 Å². The monoisotopic (exact) mass is 399 g/mol. The van der Waals surface area contributed by atoms with Crippen molar-refractivity contribution in [2.45, 2.75) is 6.54 Å². The molecule has 4 aromatic rings. The predicted octanol–water partition coefficient (Wildman–Crippen LogP) is 4.24. The van der Waals surface area contributed by atoms with Crippen molar-refractivity contribution in [2.75, 3.05) is 14.2 Å². The molecular formula is C24H21N3O3. The molecule has 0 saturated carbocycles. The highest BCUT2D eigenvalue weighted by Gasteiger charge is 2.15. The highest BCUT2D eigenvalue weighted by Crippen LogP contribution is 2.31. The van der Waals surface area contributed by atoms with Crippen molar-refractivity contribution in [3.63, 3.8) is 0 Å². The third-order valence-electron chi connectivity index (χ3n) is 4.86. The molecule has 2 heterocycles. The number of aromatic nitrogens is 2. The quantitative estimate of drug-likeness (QED) is 0.525. The minimum Gasteiger partial charge on any atom is -0.493 e. The van der Waals surface area contributed by atoms with Gasteiger partial charge in [0.05, 0.1) is 31.0 Å². The summed E-state index contributed by atoms with van der Waals surface area (Å²) in [5, 5.41) is 3.79. The van der Waals surface area contributed by atoms with Crippen LogP contribution in [0.3, 0.4) is 0 Å². The Morgan fingerprint density at radius 3 is 2.53 bits per heavy atom. The first-order valence-corrected chi connectivity index (χ1v) is 9.49. The number of rotatable bonds is 6. The normalized spacial score (nSPS) is 10.6. The number of pyridine rings is 2. The third kappa shape index (κ3) is 3.80. The number of benzene rings is 2. The highest BCUT2D eigenvalue weighted by molar-refractivity contribution is 6.07. The van der Waals surface area contributed by atoms with E-state index in [4.69, 9.17) is 14.5 Å². The molecule has 1 N–H and O–H groups in total. The van der Waals surface area contributed by atoms with E-state index >= 15 is 0 Å². The fraction of sp³-hybridized carbons (Fsp3) is 0.125. The summed E-state index contributed by atoms with van der Waals surface area (Å²) in [6.45, 7) is 0.306. The van der Waals surface area contributed by atoms with Gasteiger partial charge in [-0.3, -0.25) is 9.78 Å². The Bertz CT molecular complexity index is 1190. The van der Waals surface area contributed by atoms with E-state index in [9.17, 15) is 4.79 Å². The van der Waals surface area contributed by atoms with Crippen molar-refractivity contribution < 1.29 is 14.3 Å². The van der Waals surface area contributed by atoms with Crippen LogP contribution in [0.4, 0.5) is 0 Å². The number of nitrogens with one attached hydrogen (secondary N) is 1. The number of carbonyl (C=O) groups is 1. The van der Waals surface area contributed by atoms with Crippen LogP contribution in [-0.2, 0) is 6.54 Å². The van der Waals surface area contributed by atoms with Gasteiger partial charge in [-0.25, -0.2) is 4.98 Å². The Labute approximate surface area is 174 Å². The molecule has 0 bridgehead atoms. The molecule has 2 aromatic carbocycles. The second-order valence-corrected chi connectivity index (χ2v) is 6.64. The maximum absolute atomic E-state index is 13.1. The number of methoxy groups -OCH3 is 2. The first kappa shape index (κ1) is 19.4. The molecule has 150 valence electrons. The SMILES string of the molecule is COc1cccc(CNC(=O)c2cc(-c3ccncc3)nc3ccccc23)c1OC. The first-order valence-electron chi connectivity index (χ1n) is 9.49. The number of fused-ring (bicyclic) bond motifs is 1. The molecule has 0 aliphatic carbocycles. The van der Waals surface area contributed by atoms with Crippen LogP contribution in [0, 0.1) is 0 Å². The van der Waals surface area contributed by atoms with Crippen molar-refractivity contribution >= 4 is 16.8 Å². The Hall–Kier alpha value is -3.93. The smallest absolute Gasteiger partial charge is 0.252 e. The second-order valence-electron chi connectivity index (χ2n) is 6.64. The van der Waals surface area contributed by atoms with Gasteiger partial charge in [0.2, 0.25) is 0 Å². The average molecular weight is 399 g/mol. The van der Waals surface area contributed by atoms with Crippen LogP contribution < -0.4 is 14.8 Å². The largest absolute Gasteiger partial charge is 0.493 e. The molecular weight excluding hydrogens is 378 g/mol. The summed E-state index contributed by atoms with van der Waals surface area (Å²) in [5.74, 6) is 1.05. The number of para-hydroxylation sites is 2. The standard InChI is InChI=1S/C24H21N3O3/c1-29-22-9-5-6-17(23(22)30-2)15-26-24(28)19-14-21(16-10-12-25-13-11-16)27-20-8-4-3-7-18(19)20/h3-14H,15H2,1-2H3,(H,26,28). The zero-order valence-corrected chi connectivity index (χ0v) is 16.8. The molecule has 0 spiro atoms. The van der Waals surface area contributed by atoms with Gasteiger partial charge in [0.15, 0.2) is 11.5 Å². The van der Waals surface area contributed by atoms with E-state index in [-0.39, 0.29) is 5.91 Å². The number of amides is 1. The summed E-state index contributed by atoms with van der Waals surface area (Å²) in [6.07, 6.45) is 3.42. The summed E-state index contributed by atoms with van der Waals surface area (Å²) in [5.41, 5.74) is 3.78. The Kier molecular flexibility index (Phi) is 5.57. The summed E-state index contributed by atoms with van der Waals surface area (Å²) in [7, 11) is 3.17. The number of carbonyl (C=O) groups excluding carboxylic acids is 1. The maximum atomic E-state index is 13.1. The molecule has 0 radical (unpaired) electrons. The van der Waals surface area contributed by atoms with Crippen LogP contribution in [0.15, 0.2) is 73.1 Å². The lowest BCUT2D eigenvalue weighted by molar-refractivity contribution is 0.0952. The van der Waals surface area contributed by atoms with E-state index in [1.165, 1.54) is 0 Å². The van der Waals surface area contributed by atoms with Crippen LogP contribution >= 0.6 is 0 Å². The van der Waals surface area contributed by atoms with Crippen LogP contribution in [0.2, 0.25) is 0 Å². The van der Waals surface area contributed by atoms with Crippen molar-refractivity contribution in [3.05, 3.63) is 84.2 Å². The molecule has 0 saturated heterocycles. The van der Waals surface area contributed by atoms with Gasteiger partial charge in [-0.05, 0) is 30.3 Å². The second kappa shape index (κ2) is 8.61. The maximum Gasteiger partial charge on any atom is 0.252 e. The topological polar surface area (TPSA) is 73.3 Å².